The normalized spacial score (nSPS) is 14.1. The summed E-state index contributed by atoms with van der Waals surface area (Å²) < 4.78 is 3.33. The van der Waals surface area contributed by atoms with Crippen LogP contribution in [0.1, 0.15) is 36.3 Å². The van der Waals surface area contributed by atoms with Crippen LogP contribution in [0.5, 0.6) is 0 Å². The monoisotopic (exact) mass is 490 g/mol. The minimum absolute atomic E-state index is 0.0917. The molecule has 0 atom stereocenters. The number of hydroxylamine groups is 2. The zero-order valence-corrected chi connectivity index (χ0v) is 20.7. The summed E-state index contributed by atoms with van der Waals surface area (Å²) in [6.07, 6.45) is 8.97. The van der Waals surface area contributed by atoms with E-state index in [1.165, 1.54) is 0 Å². The number of hydrogen-bond acceptors (Lipinski definition) is 6. The predicted octanol–water partition coefficient (Wildman–Crippen LogP) is 4.37. The van der Waals surface area contributed by atoms with E-state index in [-0.39, 0.29) is 19.3 Å². The molecule has 7 nitrogen and oxygen atoms in total. The van der Waals surface area contributed by atoms with Gasteiger partial charge in [-0.2, -0.15) is 4.57 Å². The van der Waals surface area contributed by atoms with Crippen molar-refractivity contribution < 1.29 is 23.8 Å². The fraction of sp³-hybridized carbons (Fsp3) is 0.259. The number of rotatable bonds is 9. The van der Waals surface area contributed by atoms with Crippen molar-refractivity contribution in [3.8, 4) is 0 Å². The molecule has 0 bridgehead atoms. The molecule has 1 fully saturated rings. The van der Waals surface area contributed by atoms with Crippen molar-refractivity contribution in [2.24, 2.45) is 0 Å². The van der Waals surface area contributed by atoms with E-state index in [4.69, 9.17) is 4.84 Å². The average molecular weight is 491 g/mol. The minimum atomic E-state index is -0.575. The number of para-hydroxylation sites is 1. The number of carbonyl (C=O) groups excluding carboxylic acids is 3. The molecule has 0 N–H and O–H groups in total. The molecule has 4 rings (SSSR count). The van der Waals surface area contributed by atoms with Crippen LogP contribution in [0.4, 0.5) is 5.69 Å². The zero-order valence-electron chi connectivity index (χ0n) is 19.8. The molecule has 1 aromatic heterocycles. The van der Waals surface area contributed by atoms with Crippen molar-refractivity contribution in [3.63, 3.8) is 0 Å². The van der Waals surface area contributed by atoms with Gasteiger partial charge in [-0.15, -0.1) is 5.06 Å². The Kier molecular flexibility index (Phi) is 7.72. The summed E-state index contributed by atoms with van der Waals surface area (Å²) in [5.41, 5.74) is 3.38. The van der Waals surface area contributed by atoms with Crippen molar-refractivity contribution in [1.29, 1.82) is 0 Å². The Morgan fingerprint density at radius 2 is 1.71 bits per heavy atom. The van der Waals surface area contributed by atoms with Crippen LogP contribution in [0.2, 0.25) is 0 Å². The highest BCUT2D eigenvalue weighted by Gasteiger charge is 2.32. The number of amides is 2. The molecule has 2 heterocycles. The van der Waals surface area contributed by atoms with E-state index < -0.39 is 17.8 Å². The molecule has 0 spiro atoms. The molecule has 35 heavy (non-hydrogen) atoms. The number of nitrogens with zero attached hydrogens (tertiary/aromatic N) is 3. The van der Waals surface area contributed by atoms with Crippen LogP contribution < -0.4 is 9.47 Å². The van der Waals surface area contributed by atoms with Crippen LogP contribution in [0, 0.1) is 0 Å². The summed E-state index contributed by atoms with van der Waals surface area (Å²) in [6, 6.07) is 16.5. The summed E-state index contributed by atoms with van der Waals surface area (Å²) in [4.78, 5) is 42.5. The van der Waals surface area contributed by atoms with Gasteiger partial charge < -0.3 is 9.74 Å². The smallest absolute Gasteiger partial charge is 0.333 e. The molecule has 3 aromatic rings. The Hall–Kier alpha value is -3.78. The first-order valence-electron chi connectivity index (χ1n) is 11.5. The van der Waals surface area contributed by atoms with E-state index in [0.29, 0.717) is 18.0 Å². The molecule has 0 saturated carbocycles. The van der Waals surface area contributed by atoms with Gasteiger partial charge in [0.15, 0.2) is 6.54 Å². The summed E-state index contributed by atoms with van der Waals surface area (Å²) in [5, 5.41) is 1.67. The average Bonchev–Trinajstić information content (AvgIpc) is 3.36. The highest BCUT2D eigenvalue weighted by atomic mass is 32.1. The fourth-order valence-corrected chi connectivity index (χ4v) is 4.88. The third-order valence-electron chi connectivity index (χ3n) is 5.65. The van der Waals surface area contributed by atoms with E-state index in [9.17, 15) is 14.4 Å². The van der Waals surface area contributed by atoms with Gasteiger partial charge >= 0.3 is 5.97 Å². The number of benzene rings is 2. The van der Waals surface area contributed by atoms with E-state index in [1.54, 1.807) is 11.3 Å². The Bertz CT molecular complexity index is 1280. The number of anilines is 1. The molecule has 2 aromatic carbocycles. The Morgan fingerprint density at radius 1 is 1.03 bits per heavy atom. The van der Waals surface area contributed by atoms with Gasteiger partial charge in [0.05, 0.1) is 6.42 Å². The number of aryl methyl sites for hydroxylation is 1. The van der Waals surface area contributed by atoms with Gasteiger partial charge in [0.1, 0.15) is 4.70 Å². The third-order valence-corrected chi connectivity index (χ3v) is 6.78. The van der Waals surface area contributed by atoms with E-state index in [1.807, 2.05) is 38.4 Å². The second-order valence-electron chi connectivity index (χ2n) is 8.41. The second-order valence-corrected chi connectivity index (χ2v) is 9.47. The van der Waals surface area contributed by atoms with Crippen molar-refractivity contribution in [3.05, 3.63) is 71.3 Å². The number of thiazole rings is 1. The lowest BCUT2D eigenvalue weighted by molar-refractivity contribution is -0.669. The number of allylic oxidation sites excluding steroid dienone is 2. The van der Waals surface area contributed by atoms with Crippen LogP contribution in [-0.4, -0.2) is 36.9 Å². The standard InChI is InChI=1S/C27H28N3O4S/c1-28(2)21-15-13-20(14-16-21)8-3-6-11-26-29(22-9-4-5-10-23(22)35-26)19-7-12-27(33)34-30-24(31)17-18-25(30)32/h3-6,8-11,13-16H,7,12,17-19H2,1-2H3/q+1. The van der Waals surface area contributed by atoms with Gasteiger partial charge in [-0.05, 0) is 23.8 Å². The van der Waals surface area contributed by atoms with Gasteiger partial charge in [0.2, 0.25) is 5.52 Å². The summed E-state index contributed by atoms with van der Waals surface area (Å²) >= 11 is 1.68. The minimum Gasteiger partial charge on any atom is -0.378 e. The lowest BCUT2D eigenvalue weighted by Gasteiger charge is -2.11. The maximum Gasteiger partial charge on any atom is 0.333 e. The van der Waals surface area contributed by atoms with Crippen LogP contribution >= 0.6 is 11.3 Å². The lowest BCUT2D eigenvalue weighted by atomic mass is 10.2. The first-order valence-corrected chi connectivity index (χ1v) is 12.3. The number of hydrogen-bond donors (Lipinski definition) is 0. The highest BCUT2D eigenvalue weighted by molar-refractivity contribution is 7.18. The molecular formula is C27H28N3O4S+. The molecule has 8 heteroatoms. The van der Waals surface area contributed by atoms with Crippen molar-refractivity contribution in [2.45, 2.75) is 32.2 Å². The molecule has 1 aliphatic heterocycles. The largest absolute Gasteiger partial charge is 0.378 e. The van der Waals surface area contributed by atoms with Gasteiger partial charge in [-0.3, -0.25) is 9.59 Å². The van der Waals surface area contributed by atoms with Gasteiger partial charge in [-0.25, -0.2) is 4.79 Å². The van der Waals surface area contributed by atoms with Crippen molar-refractivity contribution in [1.82, 2.24) is 5.06 Å². The van der Waals surface area contributed by atoms with Gasteiger partial charge in [-0.1, -0.05) is 53.8 Å². The molecule has 1 saturated heterocycles. The van der Waals surface area contributed by atoms with Crippen molar-refractivity contribution >= 4 is 57.2 Å². The highest BCUT2D eigenvalue weighted by Crippen LogP contribution is 2.22. The number of imide groups is 1. The Labute approximate surface area is 208 Å². The van der Waals surface area contributed by atoms with Crippen LogP contribution in [0.3, 0.4) is 0 Å². The van der Waals surface area contributed by atoms with E-state index in [2.05, 4.69) is 58.0 Å². The summed E-state index contributed by atoms with van der Waals surface area (Å²) in [5.74, 6) is -1.50. The molecule has 2 amide bonds. The summed E-state index contributed by atoms with van der Waals surface area (Å²) in [7, 11) is 4.04. The van der Waals surface area contributed by atoms with Crippen LogP contribution in [0.25, 0.3) is 22.4 Å². The first-order chi connectivity index (χ1) is 16.9. The molecule has 180 valence electrons. The number of aromatic nitrogens is 1. The topological polar surface area (TPSA) is 70.8 Å². The maximum atomic E-state index is 12.2. The van der Waals surface area contributed by atoms with E-state index >= 15 is 0 Å². The third kappa shape index (κ3) is 6.02. The second kappa shape index (κ2) is 11.1. The van der Waals surface area contributed by atoms with Crippen LogP contribution in [0.15, 0.2) is 60.7 Å². The molecular weight excluding hydrogens is 462 g/mol. The van der Waals surface area contributed by atoms with E-state index in [0.717, 1.165) is 26.5 Å². The SMILES string of the molecule is CN(C)c1ccc(C=CC=Cc2sc3ccccc3[n+]2CCCC(=O)ON2C(=O)CCC2=O)cc1. The number of carbonyl (C=O) groups is 3. The predicted molar refractivity (Wildman–Crippen MR) is 137 cm³/mol. The number of fused-ring (bicyclic) bond motifs is 1. The molecule has 0 radical (unpaired) electrons. The zero-order chi connectivity index (χ0) is 24.8. The fourth-order valence-electron chi connectivity index (χ4n) is 3.78. The van der Waals surface area contributed by atoms with Crippen LogP contribution in [-0.2, 0) is 25.8 Å². The first kappa shape index (κ1) is 24.3. The Morgan fingerprint density at radius 3 is 2.43 bits per heavy atom. The molecule has 0 aliphatic carbocycles. The maximum absolute atomic E-state index is 12.2. The quantitative estimate of drug-likeness (QED) is 0.253. The lowest BCUT2D eigenvalue weighted by Crippen LogP contribution is -2.36. The van der Waals surface area contributed by atoms with Gasteiger partial charge in [0.25, 0.3) is 16.8 Å². The Balaban J connectivity index is 1.40. The summed E-state index contributed by atoms with van der Waals surface area (Å²) in [6.45, 7) is 0.608. The van der Waals surface area contributed by atoms with Gasteiger partial charge in [0, 0.05) is 51.2 Å². The van der Waals surface area contributed by atoms with Crippen molar-refractivity contribution in [2.75, 3.05) is 19.0 Å². The molecule has 0 unspecified atom stereocenters. The molecule has 1 aliphatic rings.